The van der Waals surface area contributed by atoms with Crippen molar-refractivity contribution >= 4 is 33.8 Å². The van der Waals surface area contributed by atoms with Gasteiger partial charge in [-0.3, -0.25) is 0 Å². The van der Waals surface area contributed by atoms with E-state index in [0.717, 1.165) is 40.2 Å². The number of hydrogen-bond acceptors (Lipinski definition) is 2. The Morgan fingerprint density at radius 1 is 1.08 bits per heavy atom. The van der Waals surface area contributed by atoms with Gasteiger partial charge in [0.25, 0.3) is 0 Å². The Morgan fingerprint density at radius 2 is 1.92 bits per heavy atom. The van der Waals surface area contributed by atoms with E-state index in [0.29, 0.717) is 0 Å². The quantitative estimate of drug-likeness (QED) is 0.577. The van der Waals surface area contributed by atoms with Gasteiger partial charge in [-0.15, -0.1) is 0 Å². The summed E-state index contributed by atoms with van der Waals surface area (Å²) >= 11 is 5.77. The molecule has 0 radical (unpaired) electrons. The summed E-state index contributed by atoms with van der Waals surface area (Å²) < 4.78 is 15.9. The highest BCUT2D eigenvalue weighted by Gasteiger charge is 2.38. The molecule has 0 aliphatic carbocycles. The van der Waals surface area contributed by atoms with Gasteiger partial charge in [0.15, 0.2) is 0 Å². The number of halogens is 1. The van der Waals surface area contributed by atoms with E-state index >= 15 is 0 Å². The van der Waals surface area contributed by atoms with E-state index in [4.69, 9.17) is 12.2 Å². The fraction of sp³-hybridized carbons (Fsp3) is 0.211. The molecule has 2 aliphatic heterocycles. The number of fused-ring (bicyclic) bond motifs is 6. The molecular weight excluding hydrogens is 321 g/mol. The number of aromatic nitrogens is 1. The zero-order valence-electron chi connectivity index (χ0n) is 13.2. The SMILES string of the molecule is CN1c2ccccc2C(=S)N2CCn3c(cc4cc(F)ccc43)C21. The number of para-hydroxylation sites is 1. The first-order chi connectivity index (χ1) is 11.6. The molecule has 0 N–H and O–H groups in total. The molecular formula is C19H16FN3S. The van der Waals surface area contributed by atoms with Gasteiger partial charge in [0.2, 0.25) is 0 Å². The normalized spacial score (nSPS) is 19.2. The molecule has 2 aromatic carbocycles. The largest absolute Gasteiger partial charge is 0.349 e. The highest BCUT2D eigenvalue weighted by molar-refractivity contribution is 7.80. The Hall–Kier alpha value is -2.40. The summed E-state index contributed by atoms with van der Waals surface area (Å²) in [5.74, 6) is -0.194. The average Bonchev–Trinajstić information content (AvgIpc) is 2.96. The molecule has 0 spiro atoms. The average molecular weight is 337 g/mol. The Kier molecular flexibility index (Phi) is 2.80. The number of anilines is 1. The molecule has 1 atom stereocenters. The second kappa shape index (κ2) is 4.80. The molecule has 2 aliphatic rings. The third-order valence-corrected chi connectivity index (χ3v) is 5.62. The highest BCUT2D eigenvalue weighted by atomic mass is 32.1. The topological polar surface area (TPSA) is 11.4 Å². The monoisotopic (exact) mass is 337 g/mol. The van der Waals surface area contributed by atoms with Crippen LogP contribution in [-0.2, 0) is 6.54 Å². The maximum atomic E-state index is 13.6. The first kappa shape index (κ1) is 14.0. The van der Waals surface area contributed by atoms with Crippen LogP contribution in [0.15, 0.2) is 48.5 Å². The minimum Gasteiger partial charge on any atom is -0.349 e. The molecule has 5 rings (SSSR count). The molecule has 0 amide bonds. The molecule has 0 saturated carbocycles. The van der Waals surface area contributed by atoms with Crippen LogP contribution in [0.1, 0.15) is 17.4 Å². The summed E-state index contributed by atoms with van der Waals surface area (Å²) in [6.45, 7) is 1.72. The van der Waals surface area contributed by atoms with Gasteiger partial charge >= 0.3 is 0 Å². The smallest absolute Gasteiger partial charge is 0.144 e. The molecule has 1 unspecified atom stereocenters. The van der Waals surface area contributed by atoms with E-state index in [1.807, 2.05) is 18.2 Å². The Labute approximate surface area is 144 Å². The fourth-order valence-electron chi connectivity index (χ4n) is 4.08. The Morgan fingerprint density at radius 3 is 2.79 bits per heavy atom. The summed E-state index contributed by atoms with van der Waals surface area (Å²) in [7, 11) is 2.10. The van der Waals surface area contributed by atoms with E-state index in [9.17, 15) is 4.39 Å². The third kappa shape index (κ3) is 1.73. The molecule has 24 heavy (non-hydrogen) atoms. The lowest BCUT2D eigenvalue weighted by atomic mass is 10.0. The van der Waals surface area contributed by atoms with Gasteiger partial charge in [-0.05, 0) is 36.4 Å². The van der Waals surface area contributed by atoms with Crippen molar-refractivity contribution in [2.24, 2.45) is 0 Å². The lowest BCUT2D eigenvalue weighted by Gasteiger charge is -2.48. The van der Waals surface area contributed by atoms with Gasteiger partial charge in [-0.2, -0.15) is 0 Å². The molecule has 0 bridgehead atoms. The van der Waals surface area contributed by atoms with Crippen LogP contribution in [0.5, 0.6) is 0 Å². The van der Waals surface area contributed by atoms with E-state index in [2.05, 4.69) is 39.6 Å². The summed E-state index contributed by atoms with van der Waals surface area (Å²) in [5, 5.41) is 0.949. The number of thiocarbonyl (C=S) groups is 1. The van der Waals surface area contributed by atoms with E-state index < -0.39 is 0 Å². The van der Waals surface area contributed by atoms with Crippen molar-refractivity contribution in [3.8, 4) is 0 Å². The molecule has 1 aromatic heterocycles. The summed E-state index contributed by atoms with van der Waals surface area (Å²) in [4.78, 5) is 5.45. The van der Waals surface area contributed by atoms with Crippen molar-refractivity contribution in [2.75, 3.05) is 18.5 Å². The van der Waals surface area contributed by atoms with Crippen LogP contribution in [-0.4, -0.2) is 28.0 Å². The van der Waals surface area contributed by atoms with Crippen molar-refractivity contribution < 1.29 is 4.39 Å². The van der Waals surface area contributed by atoms with Gasteiger partial charge < -0.3 is 14.4 Å². The molecule has 0 fully saturated rings. The number of benzene rings is 2. The Bertz CT molecular complexity index is 993. The van der Waals surface area contributed by atoms with Crippen LogP contribution >= 0.6 is 12.2 Å². The lowest BCUT2D eigenvalue weighted by molar-refractivity contribution is 0.255. The minimum atomic E-state index is -0.194. The van der Waals surface area contributed by atoms with Gasteiger partial charge in [0, 0.05) is 42.3 Å². The molecule has 3 aromatic rings. The van der Waals surface area contributed by atoms with Crippen LogP contribution in [0.2, 0.25) is 0 Å². The van der Waals surface area contributed by atoms with Crippen molar-refractivity contribution in [1.82, 2.24) is 9.47 Å². The molecule has 5 heteroatoms. The zero-order valence-corrected chi connectivity index (χ0v) is 14.1. The molecule has 3 nitrogen and oxygen atoms in total. The number of hydrogen-bond donors (Lipinski definition) is 0. The van der Waals surface area contributed by atoms with Crippen molar-refractivity contribution in [1.29, 1.82) is 0 Å². The first-order valence-electron chi connectivity index (χ1n) is 8.07. The summed E-state index contributed by atoms with van der Waals surface area (Å²) in [5.41, 5.74) is 4.51. The molecule has 120 valence electrons. The second-order valence-electron chi connectivity index (χ2n) is 6.42. The molecule has 0 saturated heterocycles. The third-order valence-electron chi connectivity index (χ3n) is 5.16. The standard InChI is InChI=1S/C19H16FN3S/c1-21-16-5-3-2-4-14(16)19(24)23-9-8-22-15-7-6-13(20)10-12(15)11-17(22)18(21)23/h2-7,10-11,18H,8-9H2,1H3. The van der Waals surface area contributed by atoms with Gasteiger partial charge in [-0.25, -0.2) is 4.39 Å². The van der Waals surface area contributed by atoms with Crippen molar-refractivity contribution in [3.05, 3.63) is 65.6 Å². The van der Waals surface area contributed by atoms with Crippen molar-refractivity contribution in [2.45, 2.75) is 12.7 Å². The summed E-state index contributed by atoms with van der Waals surface area (Å²) in [6.07, 6.45) is 0.0524. The zero-order chi connectivity index (χ0) is 16.4. The molecule has 3 heterocycles. The number of rotatable bonds is 0. The van der Waals surface area contributed by atoms with E-state index in [-0.39, 0.29) is 12.0 Å². The summed E-state index contributed by atoms with van der Waals surface area (Å²) in [6, 6.07) is 15.4. The Balaban J connectivity index is 1.74. The maximum Gasteiger partial charge on any atom is 0.144 e. The predicted octanol–water partition coefficient (Wildman–Crippen LogP) is 3.92. The predicted molar refractivity (Wildman–Crippen MR) is 97.9 cm³/mol. The van der Waals surface area contributed by atoms with Gasteiger partial charge in [0.1, 0.15) is 17.0 Å². The maximum absolute atomic E-state index is 13.6. The van der Waals surface area contributed by atoms with Gasteiger partial charge in [0.05, 0.1) is 5.69 Å². The van der Waals surface area contributed by atoms with Crippen LogP contribution in [0, 0.1) is 5.82 Å². The lowest BCUT2D eigenvalue weighted by Crippen LogP contribution is -2.51. The highest BCUT2D eigenvalue weighted by Crippen LogP contribution is 2.41. The van der Waals surface area contributed by atoms with Crippen LogP contribution in [0.3, 0.4) is 0 Å². The van der Waals surface area contributed by atoms with Crippen LogP contribution in [0.25, 0.3) is 10.9 Å². The van der Waals surface area contributed by atoms with E-state index in [1.165, 1.54) is 11.8 Å². The van der Waals surface area contributed by atoms with Crippen LogP contribution < -0.4 is 4.90 Å². The first-order valence-corrected chi connectivity index (χ1v) is 8.47. The number of nitrogens with zero attached hydrogens (tertiary/aromatic N) is 3. The van der Waals surface area contributed by atoms with Gasteiger partial charge in [-0.1, -0.05) is 24.4 Å². The van der Waals surface area contributed by atoms with Crippen LogP contribution in [0.4, 0.5) is 10.1 Å². The second-order valence-corrected chi connectivity index (χ2v) is 6.81. The van der Waals surface area contributed by atoms with Crippen molar-refractivity contribution in [3.63, 3.8) is 0 Å². The fourth-order valence-corrected chi connectivity index (χ4v) is 4.45. The van der Waals surface area contributed by atoms with E-state index in [1.54, 1.807) is 6.07 Å². The minimum absolute atomic E-state index is 0.0524.